The fraction of sp³-hybridized carbons (Fsp3) is 0.500. The lowest BCUT2D eigenvalue weighted by molar-refractivity contribution is 0.192. The van der Waals surface area contributed by atoms with Gasteiger partial charge in [-0.1, -0.05) is 36.0 Å². The number of rotatable bonds is 8. The van der Waals surface area contributed by atoms with Gasteiger partial charge in [-0.3, -0.25) is 0 Å². The van der Waals surface area contributed by atoms with Gasteiger partial charge in [0.05, 0.1) is 6.61 Å². The fourth-order valence-corrected chi connectivity index (χ4v) is 3.00. The molecule has 2 heterocycles. The van der Waals surface area contributed by atoms with E-state index in [0.29, 0.717) is 12.5 Å². The quantitative estimate of drug-likeness (QED) is 0.543. The first-order valence-electron chi connectivity index (χ1n) is 7.25. The van der Waals surface area contributed by atoms with Crippen LogP contribution < -0.4 is 0 Å². The Balaban J connectivity index is 1.71. The Morgan fingerprint density at radius 1 is 1.52 bits per heavy atom. The number of aryl methyl sites for hydroxylation is 1. The van der Waals surface area contributed by atoms with Crippen LogP contribution in [0.3, 0.4) is 0 Å². The number of aromatic nitrogens is 2. The molecule has 0 radical (unpaired) electrons. The highest BCUT2D eigenvalue weighted by atomic mass is 32.2. The van der Waals surface area contributed by atoms with Gasteiger partial charge >= 0.3 is 0 Å². The van der Waals surface area contributed by atoms with Gasteiger partial charge in [0.1, 0.15) is 0 Å². The first kappa shape index (κ1) is 16.0. The SMILES string of the molecule is C=C/C=C\C(=C/C)CSCCc1nc(C2CCOC2)no1. The predicted molar refractivity (Wildman–Crippen MR) is 86.6 cm³/mol. The van der Waals surface area contributed by atoms with Crippen LogP contribution in [0.1, 0.15) is 31.0 Å². The molecule has 1 aromatic heterocycles. The Bertz CT molecular complexity index is 502. The molecule has 0 spiro atoms. The van der Waals surface area contributed by atoms with Gasteiger partial charge in [0.15, 0.2) is 5.82 Å². The highest BCUT2D eigenvalue weighted by Gasteiger charge is 2.22. The minimum absolute atomic E-state index is 0.314. The van der Waals surface area contributed by atoms with Crippen molar-refractivity contribution in [1.29, 1.82) is 0 Å². The Morgan fingerprint density at radius 2 is 2.43 bits per heavy atom. The van der Waals surface area contributed by atoms with Gasteiger partial charge in [0.25, 0.3) is 0 Å². The molecular formula is C16H22N2O2S. The summed E-state index contributed by atoms with van der Waals surface area (Å²) in [5, 5.41) is 4.06. The third kappa shape index (κ3) is 5.17. The molecule has 0 amide bonds. The van der Waals surface area contributed by atoms with E-state index in [4.69, 9.17) is 9.26 Å². The van der Waals surface area contributed by atoms with Crippen molar-refractivity contribution in [2.45, 2.75) is 25.7 Å². The maximum atomic E-state index is 5.34. The third-order valence-corrected chi connectivity index (χ3v) is 4.36. The average Bonchev–Trinajstić information content (AvgIpc) is 3.17. The van der Waals surface area contributed by atoms with E-state index in [9.17, 15) is 0 Å². The molecule has 4 nitrogen and oxygen atoms in total. The second-order valence-electron chi connectivity index (χ2n) is 4.87. The normalized spacial score (nSPS) is 19.5. The van der Waals surface area contributed by atoms with Gasteiger partial charge in [-0.15, -0.1) is 0 Å². The molecule has 1 aliphatic heterocycles. The van der Waals surface area contributed by atoms with Crippen LogP contribution >= 0.6 is 11.8 Å². The van der Waals surface area contributed by atoms with Crippen LogP contribution in [-0.4, -0.2) is 34.9 Å². The van der Waals surface area contributed by atoms with E-state index in [1.165, 1.54) is 5.57 Å². The summed E-state index contributed by atoms with van der Waals surface area (Å²) in [6.07, 6.45) is 9.77. The van der Waals surface area contributed by atoms with Crippen LogP contribution in [0.25, 0.3) is 0 Å². The van der Waals surface area contributed by atoms with Crippen LogP contribution in [0.2, 0.25) is 0 Å². The molecule has 5 heteroatoms. The maximum Gasteiger partial charge on any atom is 0.227 e. The lowest BCUT2D eigenvalue weighted by Gasteiger charge is -2.00. The van der Waals surface area contributed by atoms with E-state index in [2.05, 4.69) is 35.8 Å². The van der Waals surface area contributed by atoms with Gasteiger partial charge < -0.3 is 9.26 Å². The molecule has 1 fully saturated rings. The summed E-state index contributed by atoms with van der Waals surface area (Å²) in [4.78, 5) is 4.47. The van der Waals surface area contributed by atoms with E-state index in [1.807, 2.05) is 17.8 Å². The zero-order chi connectivity index (χ0) is 14.9. The monoisotopic (exact) mass is 306 g/mol. The second kappa shape index (κ2) is 8.85. The fourth-order valence-electron chi connectivity index (χ4n) is 2.04. The summed E-state index contributed by atoms with van der Waals surface area (Å²) in [5.74, 6) is 3.80. The Labute approximate surface area is 130 Å². The van der Waals surface area contributed by atoms with Crippen molar-refractivity contribution in [3.8, 4) is 0 Å². The zero-order valence-electron chi connectivity index (χ0n) is 12.5. The molecule has 1 atom stereocenters. The molecule has 0 N–H and O–H groups in total. The standard InChI is InChI=1S/C16H22N2O2S/c1-3-5-6-13(4-2)12-21-10-8-15-17-16(18-20-15)14-7-9-19-11-14/h3-6,14H,1,7-12H2,2H3/b6-5-,13-4+. The molecule has 1 aromatic rings. The number of thioether (sulfide) groups is 1. The van der Waals surface area contributed by atoms with Gasteiger partial charge in [0, 0.05) is 30.5 Å². The van der Waals surface area contributed by atoms with Gasteiger partial charge in [-0.2, -0.15) is 16.7 Å². The van der Waals surface area contributed by atoms with E-state index >= 15 is 0 Å². The van der Waals surface area contributed by atoms with E-state index in [-0.39, 0.29) is 0 Å². The molecule has 0 aromatic carbocycles. The second-order valence-corrected chi connectivity index (χ2v) is 5.97. The molecule has 1 aliphatic rings. The van der Waals surface area contributed by atoms with Gasteiger partial charge in [0.2, 0.25) is 5.89 Å². The minimum Gasteiger partial charge on any atom is -0.381 e. The van der Waals surface area contributed by atoms with Crippen molar-refractivity contribution >= 4 is 11.8 Å². The molecule has 2 rings (SSSR count). The summed E-state index contributed by atoms with van der Waals surface area (Å²) in [5.41, 5.74) is 1.30. The van der Waals surface area contributed by atoms with E-state index in [1.54, 1.807) is 6.08 Å². The van der Waals surface area contributed by atoms with E-state index < -0.39 is 0 Å². The molecule has 1 saturated heterocycles. The van der Waals surface area contributed by atoms with Gasteiger partial charge in [-0.25, -0.2) is 0 Å². The Morgan fingerprint density at radius 3 is 3.14 bits per heavy atom. The molecule has 21 heavy (non-hydrogen) atoms. The Hall–Kier alpha value is -1.33. The topological polar surface area (TPSA) is 48.2 Å². The van der Waals surface area contributed by atoms with Crippen LogP contribution in [0.5, 0.6) is 0 Å². The Kier molecular flexibility index (Phi) is 6.76. The number of ether oxygens (including phenoxy) is 1. The molecule has 0 saturated carbocycles. The summed E-state index contributed by atoms with van der Waals surface area (Å²) in [7, 11) is 0. The summed E-state index contributed by atoms with van der Waals surface area (Å²) in [6, 6.07) is 0. The predicted octanol–water partition coefficient (Wildman–Crippen LogP) is 3.54. The first-order chi connectivity index (χ1) is 10.3. The lowest BCUT2D eigenvalue weighted by Crippen LogP contribution is -2.00. The highest BCUT2D eigenvalue weighted by molar-refractivity contribution is 7.99. The zero-order valence-corrected chi connectivity index (χ0v) is 13.3. The highest BCUT2D eigenvalue weighted by Crippen LogP contribution is 2.22. The smallest absolute Gasteiger partial charge is 0.227 e. The van der Waals surface area contributed by atoms with Crippen molar-refractivity contribution in [2.24, 2.45) is 0 Å². The molecule has 114 valence electrons. The van der Waals surface area contributed by atoms with Gasteiger partial charge in [-0.05, 0) is 18.9 Å². The molecular weight excluding hydrogens is 284 g/mol. The summed E-state index contributed by atoms with van der Waals surface area (Å²) >= 11 is 1.87. The average molecular weight is 306 g/mol. The minimum atomic E-state index is 0.314. The van der Waals surface area contributed by atoms with Crippen LogP contribution in [0.15, 0.2) is 41.0 Å². The van der Waals surface area contributed by atoms with Crippen molar-refractivity contribution in [1.82, 2.24) is 10.1 Å². The van der Waals surface area contributed by atoms with Crippen LogP contribution in [0, 0.1) is 0 Å². The molecule has 0 bridgehead atoms. The number of allylic oxidation sites excluding steroid dienone is 4. The van der Waals surface area contributed by atoms with Crippen LogP contribution in [-0.2, 0) is 11.2 Å². The molecule has 1 unspecified atom stereocenters. The maximum absolute atomic E-state index is 5.34. The molecule has 0 aliphatic carbocycles. The van der Waals surface area contributed by atoms with E-state index in [0.717, 1.165) is 42.7 Å². The number of nitrogens with zero attached hydrogens (tertiary/aromatic N) is 2. The third-order valence-electron chi connectivity index (χ3n) is 3.32. The van der Waals surface area contributed by atoms with Crippen molar-refractivity contribution < 1.29 is 9.26 Å². The number of hydrogen-bond acceptors (Lipinski definition) is 5. The largest absolute Gasteiger partial charge is 0.381 e. The van der Waals surface area contributed by atoms with Crippen molar-refractivity contribution in [3.05, 3.63) is 48.2 Å². The lowest BCUT2D eigenvalue weighted by atomic mass is 10.1. The van der Waals surface area contributed by atoms with Crippen LogP contribution in [0.4, 0.5) is 0 Å². The number of hydrogen-bond donors (Lipinski definition) is 0. The van der Waals surface area contributed by atoms with Crippen molar-refractivity contribution in [2.75, 3.05) is 24.7 Å². The summed E-state index contributed by atoms with van der Waals surface area (Å²) in [6.45, 7) is 7.25. The van der Waals surface area contributed by atoms with Crippen molar-refractivity contribution in [3.63, 3.8) is 0 Å². The summed E-state index contributed by atoms with van der Waals surface area (Å²) < 4.78 is 10.6. The first-order valence-corrected chi connectivity index (χ1v) is 8.41.